The molecule has 5 nitrogen and oxygen atoms in total. The maximum Gasteiger partial charge on any atom is 0.311 e. The molecule has 0 aliphatic rings. The summed E-state index contributed by atoms with van der Waals surface area (Å²) in [4.78, 5) is 21.0. The van der Waals surface area contributed by atoms with Crippen LogP contribution in [0.3, 0.4) is 0 Å². The van der Waals surface area contributed by atoms with E-state index in [-0.39, 0.29) is 21.9 Å². The molecule has 1 aromatic carbocycles. The number of rotatable bonds is 5. The van der Waals surface area contributed by atoms with Crippen molar-refractivity contribution in [2.24, 2.45) is 0 Å². The summed E-state index contributed by atoms with van der Waals surface area (Å²) in [5, 5.41) is 8.84. The van der Waals surface area contributed by atoms with Gasteiger partial charge in [0.15, 0.2) is 0 Å². The first-order valence-corrected chi connectivity index (χ1v) is 7.36. The van der Waals surface area contributed by atoms with Gasteiger partial charge in [-0.05, 0) is 17.7 Å². The van der Waals surface area contributed by atoms with Crippen LogP contribution in [0.4, 0.5) is 0 Å². The molecule has 0 heterocycles. The standard InChI is InChI=1S/C10H8Cl2O5S/c11-8-2-1-6(5-9(8)18(12,16)17)7(3-4-13)10(14)15/h1-2,4-5,7H,3H2,(H,14,15). The minimum Gasteiger partial charge on any atom is -0.481 e. The Balaban J connectivity index is 3.35. The monoisotopic (exact) mass is 310 g/mol. The van der Waals surface area contributed by atoms with Gasteiger partial charge in [-0.3, -0.25) is 4.79 Å². The molecule has 0 bridgehead atoms. The second-order valence-corrected chi connectivity index (χ2v) is 6.36. The lowest BCUT2D eigenvalue weighted by atomic mass is 9.97. The molecule has 1 atom stereocenters. The summed E-state index contributed by atoms with van der Waals surface area (Å²) in [7, 11) is 1.10. The van der Waals surface area contributed by atoms with Gasteiger partial charge in [0.2, 0.25) is 0 Å². The van der Waals surface area contributed by atoms with Crippen molar-refractivity contribution in [3.05, 3.63) is 28.8 Å². The van der Waals surface area contributed by atoms with Gasteiger partial charge >= 0.3 is 5.97 Å². The third-order valence-electron chi connectivity index (χ3n) is 2.25. The quantitative estimate of drug-likeness (QED) is 0.664. The lowest BCUT2D eigenvalue weighted by molar-refractivity contribution is -0.139. The molecule has 1 aromatic rings. The molecule has 0 aliphatic heterocycles. The number of halogens is 2. The summed E-state index contributed by atoms with van der Waals surface area (Å²) >= 11 is 5.66. The predicted octanol–water partition coefficient (Wildman–Crippen LogP) is 2.02. The third kappa shape index (κ3) is 3.44. The molecule has 0 radical (unpaired) electrons. The van der Waals surface area contributed by atoms with Crippen molar-refractivity contribution >= 4 is 43.6 Å². The van der Waals surface area contributed by atoms with E-state index in [2.05, 4.69) is 0 Å². The first kappa shape index (κ1) is 14.9. The molecule has 18 heavy (non-hydrogen) atoms. The smallest absolute Gasteiger partial charge is 0.311 e. The van der Waals surface area contributed by atoms with E-state index >= 15 is 0 Å². The van der Waals surface area contributed by atoms with Gasteiger partial charge in [-0.25, -0.2) is 8.42 Å². The lowest BCUT2D eigenvalue weighted by Gasteiger charge is -2.11. The summed E-state index contributed by atoms with van der Waals surface area (Å²) in [6, 6.07) is 3.63. The van der Waals surface area contributed by atoms with Crippen LogP contribution in [-0.2, 0) is 18.6 Å². The van der Waals surface area contributed by atoms with Crippen molar-refractivity contribution in [1.29, 1.82) is 0 Å². The molecule has 0 aromatic heterocycles. The van der Waals surface area contributed by atoms with Gasteiger partial charge in [0.25, 0.3) is 9.05 Å². The fraction of sp³-hybridized carbons (Fsp3) is 0.200. The molecular formula is C10H8Cl2O5S. The van der Waals surface area contributed by atoms with Crippen LogP contribution in [0, 0.1) is 0 Å². The van der Waals surface area contributed by atoms with E-state index in [1.165, 1.54) is 12.1 Å². The molecule has 0 aliphatic carbocycles. The summed E-state index contributed by atoms with van der Waals surface area (Å²) in [6.45, 7) is 0. The fourth-order valence-electron chi connectivity index (χ4n) is 1.40. The first-order chi connectivity index (χ1) is 8.27. The van der Waals surface area contributed by atoms with Crippen LogP contribution in [0.2, 0.25) is 5.02 Å². The Hall–Kier alpha value is -1.11. The number of aliphatic carboxylic acids is 1. The van der Waals surface area contributed by atoms with Crippen LogP contribution in [0.25, 0.3) is 0 Å². The zero-order valence-corrected chi connectivity index (χ0v) is 11.2. The van der Waals surface area contributed by atoms with E-state index in [0.29, 0.717) is 6.29 Å². The summed E-state index contributed by atoms with van der Waals surface area (Å²) < 4.78 is 22.4. The number of hydrogen-bond donors (Lipinski definition) is 1. The van der Waals surface area contributed by atoms with Gasteiger partial charge in [0.1, 0.15) is 11.2 Å². The van der Waals surface area contributed by atoms with E-state index in [9.17, 15) is 18.0 Å². The van der Waals surface area contributed by atoms with E-state index in [1.807, 2.05) is 0 Å². The van der Waals surface area contributed by atoms with Gasteiger partial charge in [-0.2, -0.15) is 0 Å². The van der Waals surface area contributed by atoms with Crippen molar-refractivity contribution in [3.8, 4) is 0 Å². The molecule has 1 N–H and O–H groups in total. The third-order valence-corrected chi connectivity index (χ3v) is 4.05. The minimum atomic E-state index is -4.07. The Labute approximate surface area is 113 Å². The molecule has 8 heteroatoms. The number of carboxylic acid groups (broad SMARTS) is 1. The maximum absolute atomic E-state index is 11.2. The van der Waals surface area contributed by atoms with Crippen molar-refractivity contribution in [2.75, 3.05) is 0 Å². The summed E-state index contributed by atoms with van der Waals surface area (Å²) in [5.74, 6) is -2.36. The molecular weight excluding hydrogens is 303 g/mol. The van der Waals surface area contributed by atoms with Crippen LogP contribution < -0.4 is 0 Å². The number of carbonyl (C=O) groups is 2. The predicted molar refractivity (Wildman–Crippen MR) is 65.5 cm³/mol. The van der Waals surface area contributed by atoms with Gasteiger partial charge in [-0.1, -0.05) is 17.7 Å². The van der Waals surface area contributed by atoms with Crippen LogP contribution in [0.5, 0.6) is 0 Å². The van der Waals surface area contributed by atoms with Gasteiger partial charge in [-0.15, -0.1) is 0 Å². The van der Waals surface area contributed by atoms with Crippen molar-refractivity contribution in [2.45, 2.75) is 17.2 Å². The minimum absolute atomic E-state index is 0.107. The Kier molecular flexibility index (Phi) is 4.72. The normalized spacial score (nSPS) is 13.0. The highest BCUT2D eigenvalue weighted by atomic mass is 35.7. The van der Waals surface area contributed by atoms with Crippen LogP contribution in [0.15, 0.2) is 23.1 Å². The second kappa shape index (κ2) is 5.69. The van der Waals surface area contributed by atoms with Gasteiger partial charge < -0.3 is 9.90 Å². The lowest BCUT2D eigenvalue weighted by Crippen LogP contribution is -2.12. The highest BCUT2D eigenvalue weighted by Crippen LogP contribution is 2.29. The molecule has 0 saturated heterocycles. The van der Waals surface area contributed by atoms with Crippen LogP contribution in [0.1, 0.15) is 17.9 Å². The Morgan fingerprint density at radius 1 is 1.44 bits per heavy atom. The number of benzene rings is 1. The molecule has 0 fully saturated rings. The Morgan fingerprint density at radius 3 is 2.50 bits per heavy atom. The molecule has 0 saturated carbocycles. The maximum atomic E-state index is 11.2. The van der Waals surface area contributed by atoms with Gasteiger partial charge in [0, 0.05) is 17.1 Å². The average molecular weight is 311 g/mol. The number of aldehydes is 1. The van der Waals surface area contributed by atoms with Crippen molar-refractivity contribution < 1.29 is 23.1 Å². The summed E-state index contributed by atoms with van der Waals surface area (Å²) in [6.07, 6.45) is 0.182. The van der Waals surface area contributed by atoms with Crippen LogP contribution >= 0.6 is 22.3 Å². The second-order valence-electron chi connectivity index (χ2n) is 3.42. The summed E-state index contributed by atoms with van der Waals surface area (Å²) in [5.41, 5.74) is 0.151. The van der Waals surface area contributed by atoms with Crippen molar-refractivity contribution in [1.82, 2.24) is 0 Å². The zero-order valence-electron chi connectivity index (χ0n) is 8.84. The van der Waals surface area contributed by atoms with E-state index in [1.54, 1.807) is 0 Å². The SMILES string of the molecule is O=CCC(C(=O)O)c1ccc(Cl)c(S(=O)(=O)Cl)c1. The topological polar surface area (TPSA) is 88.5 Å². The molecule has 98 valence electrons. The van der Waals surface area contributed by atoms with E-state index in [0.717, 1.165) is 6.07 Å². The number of carboxylic acids is 1. The van der Waals surface area contributed by atoms with Crippen molar-refractivity contribution in [3.63, 3.8) is 0 Å². The zero-order chi connectivity index (χ0) is 13.9. The Morgan fingerprint density at radius 2 is 2.06 bits per heavy atom. The molecule has 1 rings (SSSR count). The largest absolute Gasteiger partial charge is 0.481 e. The molecule has 0 spiro atoms. The highest BCUT2D eigenvalue weighted by molar-refractivity contribution is 8.13. The number of hydrogen-bond acceptors (Lipinski definition) is 4. The van der Waals surface area contributed by atoms with E-state index < -0.39 is 20.9 Å². The molecule has 0 amide bonds. The average Bonchev–Trinajstić information content (AvgIpc) is 2.25. The van der Waals surface area contributed by atoms with Crippen LogP contribution in [-0.4, -0.2) is 25.8 Å². The van der Waals surface area contributed by atoms with E-state index in [4.69, 9.17) is 27.4 Å². The van der Waals surface area contributed by atoms with Gasteiger partial charge in [0.05, 0.1) is 10.9 Å². The Bertz CT molecular complexity index is 582. The first-order valence-electron chi connectivity index (χ1n) is 4.68. The fourth-order valence-corrected chi connectivity index (χ4v) is 2.90. The molecule has 1 unspecified atom stereocenters. The highest BCUT2D eigenvalue weighted by Gasteiger charge is 2.23. The number of carbonyl (C=O) groups excluding carboxylic acids is 1.